The summed E-state index contributed by atoms with van der Waals surface area (Å²) >= 11 is 0. The van der Waals surface area contributed by atoms with Crippen molar-refractivity contribution in [2.24, 2.45) is 0 Å². The second-order valence-electron chi connectivity index (χ2n) is 8.19. The molecule has 1 fully saturated rings. The number of hydrogen-bond acceptors (Lipinski definition) is 5. The van der Waals surface area contributed by atoms with Crippen LogP contribution in [0.15, 0.2) is 48.5 Å². The molecular formula is C26H26N2O6. The largest absolute Gasteiger partial charge is 0.480 e. The summed E-state index contributed by atoms with van der Waals surface area (Å²) in [5.41, 5.74) is 4.48. The second kappa shape index (κ2) is 10.4. The first kappa shape index (κ1) is 23.3. The van der Waals surface area contributed by atoms with Crippen LogP contribution in [0.5, 0.6) is 0 Å². The van der Waals surface area contributed by atoms with Crippen molar-refractivity contribution in [1.29, 1.82) is 0 Å². The van der Waals surface area contributed by atoms with Crippen molar-refractivity contribution < 1.29 is 29.0 Å². The Balaban J connectivity index is 1.36. The number of benzene rings is 2. The number of ether oxygens (including phenoxy) is 2. The predicted molar refractivity (Wildman–Crippen MR) is 124 cm³/mol. The molecule has 1 saturated heterocycles. The van der Waals surface area contributed by atoms with Crippen LogP contribution >= 0.6 is 0 Å². The van der Waals surface area contributed by atoms with E-state index in [0.29, 0.717) is 6.42 Å². The van der Waals surface area contributed by atoms with Crippen LogP contribution in [0.4, 0.5) is 4.79 Å². The van der Waals surface area contributed by atoms with Crippen molar-refractivity contribution in [3.05, 3.63) is 59.7 Å². The van der Waals surface area contributed by atoms with Crippen molar-refractivity contribution in [2.75, 3.05) is 13.2 Å². The van der Waals surface area contributed by atoms with Gasteiger partial charge in [0.25, 0.3) is 5.91 Å². The minimum atomic E-state index is -1.19. The van der Waals surface area contributed by atoms with Crippen molar-refractivity contribution in [3.63, 3.8) is 0 Å². The number of alkyl carbamates (subject to hydrolysis) is 1. The number of rotatable bonds is 7. The molecular weight excluding hydrogens is 436 g/mol. The van der Waals surface area contributed by atoms with Gasteiger partial charge in [0.05, 0.1) is 6.04 Å². The molecule has 1 aliphatic carbocycles. The van der Waals surface area contributed by atoms with Gasteiger partial charge in [-0.15, -0.1) is 11.8 Å². The number of carbonyl (C=O) groups excluding carboxylic acids is 2. The smallest absolute Gasteiger partial charge is 0.407 e. The van der Waals surface area contributed by atoms with Gasteiger partial charge in [-0.2, -0.15) is 0 Å². The second-order valence-corrected chi connectivity index (χ2v) is 8.19. The van der Waals surface area contributed by atoms with E-state index in [-0.39, 0.29) is 25.6 Å². The fourth-order valence-corrected chi connectivity index (χ4v) is 4.45. The molecule has 3 N–H and O–H groups in total. The lowest BCUT2D eigenvalue weighted by Crippen LogP contribution is -2.52. The Bertz CT molecular complexity index is 1110. The Morgan fingerprint density at radius 1 is 1.12 bits per heavy atom. The van der Waals surface area contributed by atoms with E-state index in [9.17, 15) is 19.5 Å². The maximum absolute atomic E-state index is 12.6. The van der Waals surface area contributed by atoms with Crippen LogP contribution in [0, 0.1) is 11.8 Å². The third-order valence-corrected chi connectivity index (χ3v) is 6.09. The summed E-state index contributed by atoms with van der Waals surface area (Å²) in [7, 11) is 0. The fourth-order valence-electron chi connectivity index (χ4n) is 4.45. The highest BCUT2D eigenvalue weighted by molar-refractivity contribution is 5.87. The standard InChI is InChI=1S/C26H26N2O6/c1-2-3-12-22(25(30)31)27-24(29)23-21(13-14-33-23)28-26(32)34-15-20-18-10-6-4-8-16(18)17-9-5-7-11-19(17)20/h4-11,20-23H,12-15H2,1H3,(H,27,29)(H,28,32)(H,30,31)/t21-,22?,23+/m1/s1. The quantitative estimate of drug-likeness (QED) is 0.545. The number of carboxylic acid groups (broad SMARTS) is 1. The van der Waals surface area contributed by atoms with Crippen molar-refractivity contribution in [3.8, 4) is 23.0 Å². The number of carbonyl (C=O) groups is 3. The van der Waals surface area contributed by atoms with Gasteiger partial charge in [-0.25, -0.2) is 9.59 Å². The first-order valence-corrected chi connectivity index (χ1v) is 11.2. The maximum atomic E-state index is 12.6. The summed E-state index contributed by atoms with van der Waals surface area (Å²) in [5.74, 6) is 3.40. The van der Waals surface area contributed by atoms with Gasteiger partial charge in [0.2, 0.25) is 0 Å². The lowest BCUT2D eigenvalue weighted by Gasteiger charge is -2.21. The molecule has 2 aromatic rings. The normalized spacial score (nSPS) is 19.2. The summed E-state index contributed by atoms with van der Waals surface area (Å²) in [5, 5.41) is 14.4. The highest BCUT2D eigenvalue weighted by atomic mass is 16.6. The Kier molecular flexibility index (Phi) is 7.14. The zero-order chi connectivity index (χ0) is 24.1. The molecule has 2 aromatic carbocycles. The molecule has 0 radical (unpaired) electrons. The maximum Gasteiger partial charge on any atom is 0.407 e. The van der Waals surface area contributed by atoms with Crippen LogP contribution in [-0.2, 0) is 19.1 Å². The number of aliphatic carboxylic acids is 1. The molecule has 0 saturated carbocycles. The molecule has 0 aromatic heterocycles. The van der Waals surface area contributed by atoms with Gasteiger partial charge in [0.15, 0.2) is 6.10 Å². The third kappa shape index (κ3) is 4.90. The number of amides is 2. The van der Waals surface area contributed by atoms with E-state index in [1.807, 2.05) is 36.4 Å². The van der Waals surface area contributed by atoms with E-state index in [4.69, 9.17) is 9.47 Å². The summed E-state index contributed by atoms with van der Waals surface area (Å²) in [6.45, 7) is 2.01. The van der Waals surface area contributed by atoms with Crippen LogP contribution in [0.3, 0.4) is 0 Å². The molecule has 1 aliphatic heterocycles. The van der Waals surface area contributed by atoms with Crippen LogP contribution in [0.2, 0.25) is 0 Å². The van der Waals surface area contributed by atoms with Crippen molar-refractivity contribution >= 4 is 18.0 Å². The molecule has 34 heavy (non-hydrogen) atoms. The first-order chi connectivity index (χ1) is 16.5. The van der Waals surface area contributed by atoms with E-state index in [0.717, 1.165) is 22.3 Å². The van der Waals surface area contributed by atoms with Crippen molar-refractivity contribution in [1.82, 2.24) is 10.6 Å². The molecule has 1 heterocycles. The van der Waals surface area contributed by atoms with E-state index in [1.165, 1.54) is 0 Å². The molecule has 2 aliphatic rings. The Morgan fingerprint density at radius 3 is 2.38 bits per heavy atom. The minimum absolute atomic E-state index is 0.0191. The average Bonchev–Trinajstić information content (AvgIpc) is 3.42. The molecule has 8 nitrogen and oxygen atoms in total. The van der Waals surface area contributed by atoms with E-state index in [2.05, 4.69) is 34.6 Å². The number of carboxylic acids is 1. The molecule has 0 spiro atoms. The van der Waals surface area contributed by atoms with Crippen LogP contribution in [0.1, 0.15) is 36.8 Å². The number of hydrogen-bond donors (Lipinski definition) is 3. The summed E-state index contributed by atoms with van der Waals surface area (Å²) in [6, 6.07) is 14.3. The highest BCUT2D eigenvalue weighted by Crippen LogP contribution is 2.44. The minimum Gasteiger partial charge on any atom is -0.480 e. The van der Waals surface area contributed by atoms with Crippen LogP contribution in [0.25, 0.3) is 11.1 Å². The lowest BCUT2D eigenvalue weighted by molar-refractivity contribution is -0.143. The van der Waals surface area contributed by atoms with Gasteiger partial charge in [0, 0.05) is 18.9 Å². The van der Waals surface area contributed by atoms with Gasteiger partial charge in [-0.05, 0) is 35.6 Å². The number of fused-ring (bicyclic) bond motifs is 3. The fraction of sp³-hybridized carbons (Fsp3) is 0.346. The number of nitrogens with one attached hydrogen (secondary N) is 2. The van der Waals surface area contributed by atoms with Gasteiger partial charge < -0.3 is 25.2 Å². The zero-order valence-corrected chi connectivity index (χ0v) is 18.7. The monoisotopic (exact) mass is 462 g/mol. The van der Waals surface area contributed by atoms with Gasteiger partial charge in [-0.3, -0.25) is 4.79 Å². The molecule has 1 unspecified atom stereocenters. The molecule has 0 bridgehead atoms. The SMILES string of the molecule is CC#CCC(NC(=O)[C@H]1OCC[C@H]1NC(=O)OCC1c2ccccc2-c2ccccc21)C(=O)O. The van der Waals surface area contributed by atoms with Gasteiger partial charge in [-0.1, -0.05) is 48.5 Å². The summed E-state index contributed by atoms with van der Waals surface area (Å²) < 4.78 is 11.0. The Hall–Kier alpha value is -3.83. The zero-order valence-electron chi connectivity index (χ0n) is 18.7. The predicted octanol–water partition coefficient (Wildman–Crippen LogP) is 2.67. The molecule has 4 rings (SSSR count). The first-order valence-electron chi connectivity index (χ1n) is 11.2. The van der Waals surface area contributed by atoms with E-state index >= 15 is 0 Å². The third-order valence-electron chi connectivity index (χ3n) is 6.09. The van der Waals surface area contributed by atoms with Gasteiger partial charge in [0.1, 0.15) is 12.6 Å². The summed E-state index contributed by atoms with van der Waals surface area (Å²) in [6.07, 6.45) is -1.26. The Morgan fingerprint density at radius 2 is 1.76 bits per heavy atom. The van der Waals surface area contributed by atoms with Crippen LogP contribution < -0.4 is 10.6 Å². The average molecular weight is 463 g/mol. The molecule has 8 heteroatoms. The lowest BCUT2D eigenvalue weighted by atomic mass is 9.98. The summed E-state index contributed by atoms with van der Waals surface area (Å²) in [4.78, 5) is 36.6. The molecule has 3 atom stereocenters. The van der Waals surface area contributed by atoms with E-state index < -0.39 is 36.2 Å². The molecule has 2 amide bonds. The topological polar surface area (TPSA) is 114 Å². The van der Waals surface area contributed by atoms with Gasteiger partial charge >= 0.3 is 12.1 Å². The van der Waals surface area contributed by atoms with E-state index in [1.54, 1.807) is 6.92 Å². The highest BCUT2D eigenvalue weighted by Gasteiger charge is 2.37. The Labute approximate surface area is 197 Å². The van der Waals surface area contributed by atoms with Crippen LogP contribution in [-0.4, -0.2) is 54.5 Å². The molecule has 176 valence electrons. The van der Waals surface area contributed by atoms with Crippen molar-refractivity contribution in [2.45, 2.75) is 43.9 Å².